The van der Waals surface area contributed by atoms with Crippen LogP contribution in [-0.4, -0.2) is 40.5 Å². The van der Waals surface area contributed by atoms with E-state index in [0.29, 0.717) is 0 Å². The van der Waals surface area contributed by atoms with Gasteiger partial charge in [0.25, 0.3) is 0 Å². The Balaban J connectivity index is 3.46. The molecule has 10 heteroatoms. The number of halogens is 3. The number of allylic oxidation sites excluding steroid dienone is 1. The summed E-state index contributed by atoms with van der Waals surface area (Å²) in [5, 5.41) is -0.0489. The van der Waals surface area contributed by atoms with E-state index in [4.69, 9.17) is 4.74 Å². The first-order valence-electron chi connectivity index (χ1n) is 6.20. The summed E-state index contributed by atoms with van der Waals surface area (Å²) >= 11 is 0. The zero-order valence-corrected chi connectivity index (χ0v) is 14.6. The van der Waals surface area contributed by atoms with Gasteiger partial charge in [-0.05, 0) is 19.1 Å². The molecule has 0 spiro atoms. The summed E-state index contributed by atoms with van der Waals surface area (Å²) in [5.41, 5.74) is -6.92. The molecule has 0 aliphatic heterocycles. The standard InChI is InChI=1S/C12H17F3O5SSi/c1-11(19-2)7-6-8(9(10(11)16)22(3,4)5)20-21(17,18)12(13,14)15/h6-7H,1-5H3/t11-/m1/s1. The van der Waals surface area contributed by atoms with Gasteiger partial charge in [-0.2, -0.15) is 21.6 Å². The summed E-state index contributed by atoms with van der Waals surface area (Å²) in [7, 11) is -7.06. The average Bonchev–Trinajstić information content (AvgIpc) is 2.30. The first kappa shape index (κ1) is 18.9. The molecule has 0 aromatic heterocycles. The summed E-state index contributed by atoms with van der Waals surface area (Å²) in [5.74, 6) is -1.18. The van der Waals surface area contributed by atoms with E-state index in [0.717, 1.165) is 6.08 Å². The van der Waals surface area contributed by atoms with Crippen molar-refractivity contribution in [3.05, 3.63) is 23.1 Å². The number of alkyl halides is 3. The second kappa shape index (κ2) is 5.50. The second-order valence-corrected chi connectivity index (χ2v) is 12.5. The summed E-state index contributed by atoms with van der Waals surface area (Å²) < 4.78 is 69.1. The maximum absolute atomic E-state index is 12.5. The first-order valence-corrected chi connectivity index (χ1v) is 11.1. The van der Waals surface area contributed by atoms with Crippen molar-refractivity contribution in [3.8, 4) is 0 Å². The molecular weight excluding hydrogens is 341 g/mol. The fourth-order valence-corrected chi connectivity index (χ4v) is 4.21. The van der Waals surface area contributed by atoms with E-state index in [-0.39, 0.29) is 5.20 Å². The Labute approximate surface area is 127 Å². The highest BCUT2D eigenvalue weighted by atomic mass is 32.2. The quantitative estimate of drug-likeness (QED) is 0.439. The van der Waals surface area contributed by atoms with Crippen LogP contribution in [0.15, 0.2) is 23.1 Å². The minimum absolute atomic E-state index is 0.0489. The number of ketones is 1. The van der Waals surface area contributed by atoms with Crippen LogP contribution in [0.25, 0.3) is 0 Å². The average molecular weight is 358 g/mol. The number of carbonyl (C=O) groups is 1. The van der Waals surface area contributed by atoms with Crippen molar-refractivity contribution in [1.82, 2.24) is 0 Å². The number of rotatable bonds is 4. The molecule has 0 N–H and O–H groups in total. The van der Waals surface area contributed by atoms with Crippen LogP contribution in [0.3, 0.4) is 0 Å². The van der Waals surface area contributed by atoms with Crippen LogP contribution in [0.4, 0.5) is 13.2 Å². The summed E-state index contributed by atoms with van der Waals surface area (Å²) in [6.45, 7) is 6.53. The van der Waals surface area contributed by atoms with Crippen LogP contribution in [0.5, 0.6) is 0 Å². The zero-order valence-electron chi connectivity index (χ0n) is 12.7. The van der Waals surface area contributed by atoms with E-state index in [1.165, 1.54) is 20.1 Å². The van der Waals surface area contributed by atoms with Gasteiger partial charge in [-0.25, -0.2) is 0 Å². The van der Waals surface area contributed by atoms with Gasteiger partial charge in [-0.3, -0.25) is 4.79 Å². The van der Waals surface area contributed by atoms with Gasteiger partial charge >= 0.3 is 15.6 Å². The van der Waals surface area contributed by atoms with Crippen molar-refractivity contribution in [2.24, 2.45) is 0 Å². The lowest BCUT2D eigenvalue weighted by Crippen LogP contribution is -2.46. The van der Waals surface area contributed by atoms with Gasteiger partial charge in [0.1, 0.15) is 11.4 Å². The normalized spacial score (nSPS) is 23.9. The van der Waals surface area contributed by atoms with Crippen molar-refractivity contribution < 1.29 is 35.3 Å². The van der Waals surface area contributed by atoms with E-state index in [1.54, 1.807) is 19.6 Å². The van der Waals surface area contributed by atoms with E-state index < -0.39 is 40.8 Å². The predicted molar refractivity (Wildman–Crippen MR) is 76.0 cm³/mol. The fraction of sp³-hybridized carbons (Fsp3) is 0.583. The smallest absolute Gasteiger partial charge is 0.376 e. The molecule has 0 fully saturated rings. The van der Waals surface area contributed by atoms with Gasteiger partial charge in [0.05, 0.1) is 8.07 Å². The summed E-state index contributed by atoms with van der Waals surface area (Å²) in [4.78, 5) is 12.5. The number of ether oxygens (including phenoxy) is 1. The van der Waals surface area contributed by atoms with Gasteiger partial charge in [0.2, 0.25) is 0 Å². The first-order chi connectivity index (χ1) is 9.66. The molecule has 1 aliphatic carbocycles. The molecule has 0 saturated carbocycles. The van der Waals surface area contributed by atoms with E-state index in [1.807, 2.05) is 0 Å². The van der Waals surface area contributed by atoms with Crippen LogP contribution in [0.1, 0.15) is 6.92 Å². The van der Waals surface area contributed by atoms with Crippen molar-refractivity contribution in [2.45, 2.75) is 37.7 Å². The number of methoxy groups -OCH3 is 1. The lowest BCUT2D eigenvalue weighted by Gasteiger charge is -2.33. The Kier molecular flexibility index (Phi) is 4.73. The second-order valence-electron chi connectivity index (χ2n) is 5.95. The van der Waals surface area contributed by atoms with E-state index in [9.17, 15) is 26.4 Å². The minimum atomic E-state index is -5.84. The zero-order chi connectivity index (χ0) is 17.6. The number of Topliss-reactive ketones (excluding diaryl/α,β-unsaturated/α-hetero) is 1. The third-order valence-corrected chi connectivity index (χ3v) is 6.07. The van der Waals surface area contributed by atoms with Crippen molar-refractivity contribution in [2.75, 3.05) is 7.11 Å². The molecule has 0 aromatic rings. The Hall–Kier alpha value is -1.13. The van der Waals surface area contributed by atoms with Crippen LogP contribution in [-0.2, 0) is 23.8 Å². The molecular formula is C12H17F3O5SSi. The number of carbonyl (C=O) groups excluding carboxylic acids is 1. The monoisotopic (exact) mass is 358 g/mol. The molecule has 1 atom stereocenters. The Morgan fingerprint density at radius 3 is 2.09 bits per heavy atom. The molecule has 22 heavy (non-hydrogen) atoms. The van der Waals surface area contributed by atoms with Crippen LogP contribution in [0, 0.1) is 0 Å². The Morgan fingerprint density at radius 1 is 1.23 bits per heavy atom. The van der Waals surface area contributed by atoms with E-state index >= 15 is 0 Å². The van der Waals surface area contributed by atoms with Gasteiger partial charge < -0.3 is 8.92 Å². The van der Waals surface area contributed by atoms with Gasteiger partial charge in [0.15, 0.2) is 5.78 Å². The Morgan fingerprint density at radius 2 is 1.73 bits per heavy atom. The molecule has 126 valence electrons. The molecule has 0 unspecified atom stereocenters. The van der Waals surface area contributed by atoms with Gasteiger partial charge in [-0.15, -0.1) is 0 Å². The van der Waals surface area contributed by atoms with Crippen molar-refractivity contribution in [1.29, 1.82) is 0 Å². The highest BCUT2D eigenvalue weighted by molar-refractivity contribution is 7.87. The minimum Gasteiger partial charge on any atom is -0.376 e. The molecule has 0 radical (unpaired) electrons. The SMILES string of the molecule is CO[C@]1(C)C=CC(OS(=O)(=O)C(F)(F)F)=C([Si](C)(C)C)C1=O. The molecule has 0 amide bonds. The lowest BCUT2D eigenvalue weighted by molar-refractivity contribution is -0.130. The summed E-state index contributed by atoms with van der Waals surface area (Å²) in [6.07, 6.45) is 2.22. The molecule has 0 bridgehead atoms. The maximum Gasteiger partial charge on any atom is 0.534 e. The molecule has 0 saturated heterocycles. The third-order valence-electron chi connectivity index (χ3n) is 3.13. The number of hydrogen-bond donors (Lipinski definition) is 0. The van der Waals surface area contributed by atoms with Crippen LogP contribution >= 0.6 is 0 Å². The number of hydrogen-bond acceptors (Lipinski definition) is 5. The molecule has 1 rings (SSSR count). The van der Waals surface area contributed by atoms with Gasteiger partial charge in [0, 0.05) is 12.3 Å². The highest BCUT2D eigenvalue weighted by Gasteiger charge is 2.51. The van der Waals surface area contributed by atoms with Crippen LogP contribution in [0.2, 0.25) is 19.6 Å². The molecule has 0 heterocycles. The fourth-order valence-electron chi connectivity index (χ4n) is 1.86. The lowest BCUT2D eigenvalue weighted by atomic mass is 9.95. The maximum atomic E-state index is 12.5. The summed E-state index contributed by atoms with van der Waals surface area (Å²) in [6, 6.07) is 0. The van der Waals surface area contributed by atoms with Gasteiger partial charge in [-0.1, -0.05) is 19.6 Å². The predicted octanol–water partition coefficient (Wildman–Crippen LogP) is 2.53. The van der Waals surface area contributed by atoms with Crippen molar-refractivity contribution >= 4 is 24.0 Å². The topological polar surface area (TPSA) is 69.7 Å². The third kappa shape index (κ3) is 3.44. The molecule has 0 aromatic carbocycles. The molecule has 5 nitrogen and oxygen atoms in total. The van der Waals surface area contributed by atoms with Crippen LogP contribution < -0.4 is 0 Å². The Bertz CT molecular complexity index is 643. The molecule has 1 aliphatic rings. The highest BCUT2D eigenvalue weighted by Crippen LogP contribution is 2.35. The van der Waals surface area contributed by atoms with Crippen molar-refractivity contribution in [3.63, 3.8) is 0 Å². The van der Waals surface area contributed by atoms with E-state index in [2.05, 4.69) is 4.18 Å². The largest absolute Gasteiger partial charge is 0.534 e.